The number of rotatable bonds is 4. The molecule has 0 bridgehead atoms. The zero-order valence-electron chi connectivity index (χ0n) is 15.4. The Morgan fingerprint density at radius 1 is 1.12 bits per heavy atom. The number of benzene rings is 1. The molecule has 4 rings (SSSR count). The van der Waals surface area contributed by atoms with Gasteiger partial charge < -0.3 is 10.4 Å². The van der Waals surface area contributed by atoms with Gasteiger partial charge in [-0.1, -0.05) is 11.3 Å². The van der Waals surface area contributed by atoms with E-state index < -0.39 is 35.2 Å². The maximum atomic E-state index is 13.8. The molecule has 0 atom stereocenters. The normalized spacial score (nSPS) is 11.5. The van der Waals surface area contributed by atoms with Gasteiger partial charge in [-0.3, -0.25) is 10.4 Å². The molecule has 0 aliphatic carbocycles. The Kier molecular flexibility index (Phi) is 5.17. The minimum absolute atomic E-state index is 0.0822. The van der Waals surface area contributed by atoms with Gasteiger partial charge in [0.25, 0.3) is 0 Å². The number of halogens is 4. The lowest BCUT2D eigenvalue weighted by Crippen LogP contribution is -2.20. The van der Waals surface area contributed by atoms with E-state index >= 15 is 0 Å². The molecule has 2 amide bonds. The molecule has 32 heavy (non-hydrogen) atoms. The Morgan fingerprint density at radius 2 is 1.91 bits per heavy atom. The highest BCUT2D eigenvalue weighted by atomic mass is 32.1. The Labute approximate surface area is 178 Å². The van der Waals surface area contributed by atoms with Gasteiger partial charge in [-0.05, 0) is 24.3 Å². The molecule has 1 aromatic carbocycles. The standard InChI is InChI=1S/C17H9F4N7O3S/c18-9-2-1-6(17(19,20)21)3-10(9)24-15(31)25-16-28-27-13(32-16)11-4-7(14(29)30)8-5-22-26-12(8)23-11/h1-5H,(H,29,30)(H,22,23,26)(H2,24,25,28,31). The number of carbonyl (C=O) groups excluding carboxylic acids is 1. The van der Waals surface area contributed by atoms with Crippen molar-refractivity contribution in [2.45, 2.75) is 6.18 Å². The smallest absolute Gasteiger partial charge is 0.416 e. The van der Waals surface area contributed by atoms with E-state index in [2.05, 4.69) is 30.7 Å². The molecule has 0 aliphatic rings. The molecule has 0 saturated heterocycles. The fraction of sp³-hybridized carbons (Fsp3) is 0.0588. The number of carbonyl (C=O) groups is 2. The van der Waals surface area contributed by atoms with Crippen molar-refractivity contribution in [3.8, 4) is 10.7 Å². The van der Waals surface area contributed by atoms with E-state index in [1.807, 2.05) is 5.32 Å². The van der Waals surface area contributed by atoms with Crippen LogP contribution < -0.4 is 10.6 Å². The summed E-state index contributed by atoms with van der Waals surface area (Å²) < 4.78 is 52.1. The van der Waals surface area contributed by atoms with Crippen LogP contribution in [0, 0.1) is 5.82 Å². The van der Waals surface area contributed by atoms with Gasteiger partial charge in [-0.25, -0.2) is 19.0 Å². The van der Waals surface area contributed by atoms with Crippen molar-refractivity contribution in [2.24, 2.45) is 0 Å². The molecule has 4 aromatic rings. The molecular formula is C17H9F4N7O3S. The average Bonchev–Trinajstić information content (AvgIpc) is 3.37. The molecular weight excluding hydrogens is 458 g/mol. The first-order chi connectivity index (χ1) is 15.1. The Hall–Kier alpha value is -4.14. The van der Waals surface area contributed by atoms with Gasteiger partial charge >= 0.3 is 18.2 Å². The van der Waals surface area contributed by atoms with Crippen LogP contribution in [0.3, 0.4) is 0 Å². The molecule has 10 nitrogen and oxygen atoms in total. The Bertz CT molecular complexity index is 1350. The maximum Gasteiger partial charge on any atom is 0.416 e. The van der Waals surface area contributed by atoms with Crippen LogP contribution in [-0.4, -0.2) is 42.5 Å². The Balaban J connectivity index is 1.54. The fourth-order valence-electron chi connectivity index (χ4n) is 2.64. The molecule has 0 unspecified atom stereocenters. The molecule has 0 radical (unpaired) electrons. The van der Waals surface area contributed by atoms with E-state index in [-0.39, 0.29) is 32.4 Å². The van der Waals surface area contributed by atoms with Crippen LogP contribution in [0.5, 0.6) is 0 Å². The van der Waals surface area contributed by atoms with Gasteiger partial charge in [0.05, 0.1) is 28.4 Å². The van der Waals surface area contributed by atoms with E-state index in [0.717, 1.165) is 11.3 Å². The first kappa shape index (κ1) is 21.1. The number of pyridine rings is 1. The predicted octanol–water partition coefficient (Wildman–Crippen LogP) is 3.98. The number of anilines is 2. The van der Waals surface area contributed by atoms with E-state index in [0.29, 0.717) is 18.2 Å². The number of aromatic carboxylic acids is 1. The molecule has 3 aromatic heterocycles. The second-order valence-electron chi connectivity index (χ2n) is 6.18. The molecule has 0 saturated carbocycles. The molecule has 4 N–H and O–H groups in total. The summed E-state index contributed by atoms with van der Waals surface area (Å²) in [5.41, 5.74) is -1.57. The quantitative estimate of drug-likeness (QED) is 0.332. The zero-order chi connectivity index (χ0) is 23.0. The van der Waals surface area contributed by atoms with Gasteiger partial charge in [0, 0.05) is 0 Å². The van der Waals surface area contributed by atoms with Gasteiger partial charge in [-0.15, -0.1) is 10.2 Å². The summed E-state index contributed by atoms with van der Waals surface area (Å²) in [5, 5.41) is 27.7. The number of fused-ring (bicyclic) bond motifs is 1. The van der Waals surface area contributed by atoms with E-state index in [1.165, 1.54) is 12.3 Å². The zero-order valence-corrected chi connectivity index (χ0v) is 16.2. The van der Waals surface area contributed by atoms with E-state index in [4.69, 9.17) is 0 Å². The summed E-state index contributed by atoms with van der Waals surface area (Å²) in [5.74, 6) is -2.28. The van der Waals surface area contributed by atoms with Crippen LogP contribution >= 0.6 is 11.3 Å². The molecule has 0 spiro atoms. The first-order valence-corrected chi connectivity index (χ1v) is 9.29. The van der Waals surface area contributed by atoms with Gasteiger partial charge in [0.2, 0.25) is 5.13 Å². The topological polar surface area (TPSA) is 146 Å². The maximum absolute atomic E-state index is 13.8. The largest absolute Gasteiger partial charge is 0.478 e. The second-order valence-corrected chi connectivity index (χ2v) is 7.15. The van der Waals surface area contributed by atoms with E-state index in [1.54, 1.807) is 0 Å². The molecule has 0 fully saturated rings. The summed E-state index contributed by atoms with van der Waals surface area (Å²) in [7, 11) is 0. The van der Waals surface area contributed by atoms with Crippen LogP contribution in [0.2, 0.25) is 0 Å². The number of aromatic amines is 1. The highest BCUT2D eigenvalue weighted by Crippen LogP contribution is 2.32. The number of nitrogens with zero attached hydrogens (tertiary/aromatic N) is 4. The molecule has 15 heteroatoms. The SMILES string of the molecule is O=C(Nc1nnc(-c2cc(C(=O)O)c3cn[nH]c3n2)s1)Nc1cc(C(F)(F)F)ccc1F. The monoisotopic (exact) mass is 467 g/mol. The Morgan fingerprint density at radius 3 is 2.62 bits per heavy atom. The lowest BCUT2D eigenvalue weighted by molar-refractivity contribution is -0.137. The number of carboxylic acids is 1. The second kappa shape index (κ2) is 7.84. The van der Waals surface area contributed by atoms with Crippen LogP contribution in [0.25, 0.3) is 21.7 Å². The van der Waals surface area contributed by atoms with Crippen LogP contribution in [0.4, 0.5) is 33.2 Å². The highest BCUT2D eigenvalue weighted by Gasteiger charge is 2.31. The van der Waals surface area contributed by atoms with Crippen molar-refractivity contribution in [1.82, 2.24) is 25.4 Å². The van der Waals surface area contributed by atoms with Gasteiger partial charge in [0.15, 0.2) is 10.7 Å². The minimum Gasteiger partial charge on any atom is -0.478 e. The van der Waals surface area contributed by atoms with Crippen molar-refractivity contribution in [3.63, 3.8) is 0 Å². The van der Waals surface area contributed by atoms with Crippen molar-refractivity contribution in [3.05, 3.63) is 47.4 Å². The fourth-order valence-corrected chi connectivity index (χ4v) is 3.34. The third kappa shape index (κ3) is 4.18. The highest BCUT2D eigenvalue weighted by molar-refractivity contribution is 7.18. The number of alkyl halides is 3. The number of carboxylic acid groups (broad SMARTS) is 1. The number of amides is 2. The summed E-state index contributed by atoms with van der Waals surface area (Å²) in [6.45, 7) is 0. The number of H-pyrrole nitrogens is 1. The predicted molar refractivity (Wildman–Crippen MR) is 104 cm³/mol. The molecule has 3 heterocycles. The number of hydrogen-bond acceptors (Lipinski definition) is 7. The average molecular weight is 467 g/mol. The summed E-state index contributed by atoms with van der Waals surface area (Å²) in [6, 6.07) is 1.78. The van der Waals surface area contributed by atoms with Gasteiger partial charge in [-0.2, -0.15) is 18.3 Å². The summed E-state index contributed by atoms with van der Waals surface area (Å²) in [6.07, 6.45) is -3.41. The van der Waals surface area contributed by atoms with Crippen LogP contribution in [0.1, 0.15) is 15.9 Å². The molecule has 164 valence electrons. The summed E-state index contributed by atoms with van der Waals surface area (Å²) in [4.78, 5) is 27.7. The molecule has 0 aliphatic heterocycles. The van der Waals surface area contributed by atoms with Crippen LogP contribution in [0.15, 0.2) is 30.5 Å². The minimum atomic E-state index is -4.72. The number of urea groups is 1. The third-order valence-electron chi connectivity index (χ3n) is 4.06. The van der Waals surface area contributed by atoms with Crippen LogP contribution in [-0.2, 0) is 6.18 Å². The van der Waals surface area contributed by atoms with Crippen molar-refractivity contribution < 1.29 is 32.3 Å². The van der Waals surface area contributed by atoms with Crippen molar-refractivity contribution >= 4 is 45.2 Å². The number of hydrogen-bond donors (Lipinski definition) is 4. The lowest BCUT2D eigenvalue weighted by atomic mass is 10.1. The number of aromatic nitrogens is 5. The summed E-state index contributed by atoms with van der Waals surface area (Å²) >= 11 is 0.810. The van der Waals surface area contributed by atoms with Crippen molar-refractivity contribution in [2.75, 3.05) is 10.6 Å². The first-order valence-electron chi connectivity index (χ1n) is 8.48. The van der Waals surface area contributed by atoms with Gasteiger partial charge in [0.1, 0.15) is 11.5 Å². The third-order valence-corrected chi connectivity index (χ3v) is 4.92. The number of nitrogens with one attached hydrogen (secondary N) is 3. The lowest BCUT2D eigenvalue weighted by Gasteiger charge is -2.10. The van der Waals surface area contributed by atoms with E-state index in [9.17, 15) is 32.3 Å². The van der Waals surface area contributed by atoms with Crippen molar-refractivity contribution in [1.29, 1.82) is 0 Å².